The van der Waals surface area contributed by atoms with E-state index in [1.54, 1.807) is 0 Å². The second-order valence-electron chi connectivity index (χ2n) is 1.47. The highest BCUT2D eigenvalue weighted by atomic mass is 32.2. The second-order valence-corrected chi connectivity index (χ2v) is 2.37. The van der Waals surface area contributed by atoms with Crippen LogP contribution in [-0.2, 0) is 0 Å². The van der Waals surface area contributed by atoms with Crippen molar-refractivity contribution in [2.75, 3.05) is 12.4 Å². The molecule has 0 atom stereocenters. The summed E-state index contributed by atoms with van der Waals surface area (Å²) >= 11 is 1.82. The molecule has 0 aromatic carbocycles. The van der Waals surface area contributed by atoms with Gasteiger partial charge in [0.05, 0.1) is 0 Å². The first-order valence-electron chi connectivity index (χ1n) is 2.47. The van der Waals surface area contributed by atoms with Crippen LogP contribution in [0, 0.1) is 0 Å². The molecule has 0 aromatic heterocycles. The Morgan fingerprint density at radius 2 is 2.57 bits per heavy atom. The van der Waals surface area contributed by atoms with Crippen LogP contribution in [0.25, 0.3) is 0 Å². The van der Waals surface area contributed by atoms with Gasteiger partial charge in [-0.2, -0.15) is 0 Å². The quantitative estimate of drug-likeness (QED) is 0.509. The van der Waals surface area contributed by atoms with Gasteiger partial charge >= 0.3 is 0 Å². The highest BCUT2D eigenvalue weighted by molar-refractivity contribution is 8.02. The van der Waals surface area contributed by atoms with E-state index in [0.29, 0.717) is 0 Å². The molecule has 0 unspecified atom stereocenters. The molecule has 0 amide bonds. The first kappa shape index (κ1) is 5.19. The van der Waals surface area contributed by atoms with Gasteiger partial charge in [-0.05, 0) is 18.4 Å². The number of hydrogen-bond acceptors (Lipinski definition) is 2. The fraction of sp³-hybridized carbons (Fsp3) is 0.600. The standard InChI is InChI=1S/C5H9NS/c1-2-4-7-5-6-3-1/h2,4,6H,1,3,5H2. The molecule has 0 fully saturated rings. The molecule has 1 aliphatic heterocycles. The summed E-state index contributed by atoms with van der Waals surface area (Å²) in [5, 5.41) is 5.40. The number of nitrogens with one attached hydrogen (secondary N) is 1. The summed E-state index contributed by atoms with van der Waals surface area (Å²) in [6.45, 7) is 1.14. The minimum Gasteiger partial charge on any atom is -0.307 e. The molecule has 0 aliphatic carbocycles. The first-order valence-corrected chi connectivity index (χ1v) is 3.52. The van der Waals surface area contributed by atoms with E-state index in [1.165, 1.54) is 6.42 Å². The molecule has 0 aromatic rings. The molecule has 0 radical (unpaired) electrons. The largest absolute Gasteiger partial charge is 0.307 e. The van der Waals surface area contributed by atoms with Crippen molar-refractivity contribution in [2.24, 2.45) is 0 Å². The van der Waals surface area contributed by atoms with Crippen molar-refractivity contribution >= 4 is 11.8 Å². The van der Waals surface area contributed by atoms with Crippen LogP contribution in [0.2, 0.25) is 0 Å². The van der Waals surface area contributed by atoms with E-state index in [4.69, 9.17) is 0 Å². The third kappa shape index (κ3) is 2.00. The monoisotopic (exact) mass is 115 g/mol. The molecule has 1 nitrogen and oxygen atoms in total. The molecule has 40 valence electrons. The van der Waals surface area contributed by atoms with E-state index in [0.717, 1.165) is 12.4 Å². The summed E-state index contributed by atoms with van der Waals surface area (Å²) in [5.74, 6) is 1.08. The predicted molar refractivity (Wildman–Crippen MR) is 34.2 cm³/mol. The summed E-state index contributed by atoms with van der Waals surface area (Å²) in [4.78, 5) is 0. The molecule has 7 heavy (non-hydrogen) atoms. The molecule has 1 rings (SSSR count). The van der Waals surface area contributed by atoms with E-state index >= 15 is 0 Å². The maximum atomic E-state index is 3.25. The average molecular weight is 115 g/mol. The number of thioether (sulfide) groups is 1. The topological polar surface area (TPSA) is 12.0 Å². The molecular formula is C5H9NS. The van der Waals surface area contributed by atoms with E-state index in [-0.39, 0.29) is 0 Å². The fourth-order valence-electron chi connectivity index (χ4n) is 0.501. The zero-order chi connectivity index (χ0) is 4.95. The molecule has 1 heterocycles. The molecule has 0 saturated heterocycles. The van der Waals surface area contributed by atoms with E-state index in [2.05, 4.69) is 16.8 Å². The van der Waals surface area contributed by atoms with Gasteiger partial charge in [-0.1, -0.05) is 6.08 Å². The van der Waals surface area contributed by atoms with Crippen molar-refractivity contribution in [3.63, 3.8) is 0 Å². The van der Waals surface area contributed by atoms with Crippen LogP contribution < -0.4 is 5.32 Å². The van der Waals surface area contributed by atoms with Gasteiger partial charge in [0, 0.05) is 5.88 Å². The summed E-state index contributed by atoms with van der Waals surface area (Å²) in [6.07, 6.45) is 3.39. The fourth-order valence-corrected chi connectivity index (χ4v) is 1.13. The van der Waals surface area contributed by atoms with Crippen LogP contribution >= 0.6 is 11.8 Å². The van der Waals surface area contributed by atoms with Crippen LogP contribution in [0.4, 0.5) is 0 Å². The van der Waals surface area contributed by atoms with Gasteiger partial charge in [0.1, 0.15) is 0 Å². The third-order valence-electron chi connectivity index (χ3n) is 0.866. The lowest BCUT2D eigenvalue weighted by atomic mass is 10.4. The second kappa shape index (κ2) is 3.10. The maximum Gasteiger partial charge on any atom is 0.0459 e. The van der Waals surface area contributed by atoms with Crippen LogP contribution in [0.3, 0.4) is 0 Å². The van der Waals surface area contributed by atoms with Crippen molar-refractivity contribution < 1.29 is 0 Å². The summed E-state index contributed by atoms with van der Waals surface area (Å²) in [6, 6.07) is 0. The maximum absolute atomic E-state index is 3.25. The summed E-state index contributed by atoms with van der Waals surface area (Å²) in [5.41, 5.74) is 0. The lowest BCUT2D eigenvalue weighted by Crippen LogP contribution is -2.11. The van der Waals surface area contributed by atoms with Crippen LogP contribution in [-0.4, -0.2) is 12.4 Å². The molecule has 1 N–H and O–H groups in total. The molecule has 0 saturated carbocycles. The Morgan fingerprint density at radius 3 is 3.57 bits per heavy atom. The highest BCUT2D eigenvalue weighted by Crippen LogP contribution is 2.02. The first-order chi connectivity index (χ1) is 3.50. The Morgan fingerprint density at radius 1 is 1.57 bits per heavy atom. The molecule has 0 bridgehead atoms. The van der Waals surface area contributed by atoms with E-state index in [9.17, 15) is 0 Å². The lowest BCUT2D eigenvalue weighted by molar-refractivity contribution is 0.795. The number of rotatable bonds is 0. The minimum atomic E-state index is 1.08. The Balaban J connectivity index is 2.20. The van der Waals surface area contributed by atoms with Crippen LogP contribution in [0.15, 0.2) is 11.5 Å². The van der Waals surface area contributed by atoms with Crippen LogP contribution in [0.5, 0.6) is 0 Å². The Labute approximate surface area is 48.2 Å². The Kier molecular flexibility index (Phi) is 2.30. The van der Waals surface area contributed by atoms with Crippen molar-refractivity contribution in [1.29, 1.82) is 0 Å². The van der Waals surface area contributed by atoms with Gasteiger partial charge in [0.2, 0.25) is 0 Å². The van der Waals surface area contributed by atoms with Crippen molar-refractivity contribution in [3.05, 3.63) is 11.5 Å². The van der Waals surface area contributed by atoms with Gasteiger partial charge in [-0.3, -0.25) is 0 Å². The van der Waals surface area contributed by atoms with Gasteiger partial charge < -0.3 is 5.32 Å². The van der Waals surface area contributed by atoms with Crippen molar-refractivity contribution in [3.8, 4) is 0 Å². The Hall–Kier alpha value is 0.0500. The predicted octanol–water partition coefficient (Wildman–Crippen LogP) is 1.18. The summed E-state index contributed by atoms with van der Waals surface area (Å²) < 4.78 is 0. The summed E-state index contributed by atoms with van der Waals surface area (Å²) in [7, 11) is 0. The van der Waals surface area contributed by atoms with Gasteiger partial charge in [-0.25, -0.2) is 0 Å². The highest BCUT2D eigenvalue weighted by Gasteiger charge is 1.86. The van der Waals surface area contributed by atoms with E-state index in [1.807, 2.05) is 11.8 Å². The van der Waals surface area contributed by atoms with E-state index < -0.39 is 0 Å². The van der Waals surface area contributed by atoms with Crippen molar-refractivity contribution in [2.45, 2.75) is 6.42 Å². The van der Waals surface area contributed by atoms with Crippen LogP contribution in [0.1, 0.15) is 6.42 Å². The Bertz CT molecular complexity index is 62.5. The smallest absolute Gasteiger partial charge is 0.0459 e. The zero-order valence-corrected chi connectivity index (χ0v) is 5.00. The average Bonchev–Trinajstić information content (AvgIpc) is 1.90. The normalized spacial score (nSPS) is 21.7. The van der Waals surface area contributed by atoms with Gasteiger partial charge in [0.15, 0.2) is 0 Å². The van der Waals surface area contributed by atoms with Crippen molar-refractivity contribution in [1.82, 2.24) is 5.32 Å². The van der Waals surface area contributed by atoms with Gasteiger partial charge in [-0.15, -0.1) is 11.8 Å². The molecule has 0 spiro atoms. The molecular weight excluding hydrogens is 106 g/mol. The minimum absolute atomic E-state index is 1.08. The molecule has 1 aliphatic rings. The van der Waals surface area contributed by atoms with Gasteiger partial charge in [0.25, 0.3) is 0 Å². The third-order valence-corrected chi connectivity index (χ3v) is 1.62. The SMILES string of the molecule is C1=CSCNCC1. The lowest BCUT2D eigenvalue weighted by Gasteiger charge is -1.91. The number of hydrogen-bond donors (Lipinski definition) is 1. The zero-order valence-electron chi connectivity index (χ0n) is 4.18. The molecule has 2 heteroatoms.